The number of carbonyl (C=O) groups is 1. The Morgan fingerprint density at radius 1 is 1.04 bits per heavy atom. The number of para-hydroxylation sites is 3. The monoisotopic (exact) mass is 361 g/mol. The first kappa shape index (κ1) is 17.0. The van der Waals surface area contributed by atoms with Gasteiger partial charge in [0.2, 0.25) is 5.91 Å². The molecule has 0 atom stereocenters. The van der Waals surface area contributed by atoms with Crippen molar-refractivity contribution in [3.05, 3.63) is 48.5 Å². The second kappa shape index (κ2) is 7.36. The van der Waals surface area contributed by atoms with Crippen LogP contribution in [-0.2, 0) is 4.79 Å². The lowest BCUT2D eigenvalue weighted by Gasteiger charge is -2.35. The van der Waals surface area contributed by atoms with E-state index in [0.717, 1.165) is 42.4 Å². The minimum absolute atomic E-state index is 0. The normalized spacial score (nSPS) is 15.7. The van der Waals surface area contributed by atoms with E-state index < -0.39 is 0 Å². The van der Waals surface area contributed by atoms with Crippen molar-refractivity contribution in [2.75, 3.05) is 47.0 Å². The van der Waals surface area contributed by atoms with Gasteiger partial charge >= 0.3 is 0 Å². The van der Waals surface area contributed by atoms with Gasteiger partial charge < -0.3 is 15.1 Å². The predicted octanol–water partition coefficient (Wildman–Crippen LogP) is 3.48. The molecule has 2 aliphatic rings. The molecular weight excluding hydrogens is 342 g/mol. The largest absolute Gasteiger partial charge is 0.382 e. The summed E-state index contributed by atoms with van der Waals surface area (Å²) in [7, 11) is 0. The van der Waals surface area contributed by atoms with Crippen LogP contribution in [0.4, 0.5) is 17.1 Å². The maximum absolute atomic E-state index is 12.9. The van der Waals surface area contributed by atoms with Gasteiger partial charge in [-0.3, -0.25) is 4.79 Å². The van der Waals surface area contributed by atoms with Crippen LogP contribution in [0.2, 0.25) is 0 Å². The quantitative estimate of drug-likeness (QED) is 0.888. The van der Waals surface area contributed by atoms with Gasteiger partial charge in [-0.2, -0.15) is 0 Å². The zero-order valence-corrected chi connectivity index (χ0v) is 14.9. The first-order valence-electron chi connectivity index (χ1n) is 7.93. The van der Waals surface area contributed by atoms with Crippen LogP contribution in [0.15, 0.2) is 53.4 Å². The number of nitrogens with one attached hydrogen (secondary N) is 1. The highest BCUT2D eigenvalue weighted by atomic mass is 35.5. The lowest BCUT2D eigenvalue weighted by Crippen LogP contribution is -2.45. The highest BCUT2D eigenvalue weighted by Gasteiger charge is 2.25. The number of benzene rings is 2. The Hall–Kier alpha value is -1.85. The molecule has 2 aromatic carbocycles. The van der Waals surface area contributed by atoms with Gasteiger partial charge in [-0.1, -0.05) is 24.3 Å². The molecular formula is C18H20ClN3OS. The molecule has 1 amide bonds. The van der Waals surface area contributed by atoms with Crippen molar-refractivity contribution in [3.8, 4) is 0 Å². The number of halogens is 1. The van der Waals surface area contributed by atoms with Crippen molar-refractivity contribution in [1.82, 2.24) is 0 Å². The molecule has 0 aliphatic carbocycles. The van der Waals surface area contributed by atoms with Crippen LogP contribution in [0.3, 0.4) is 0 Å². The third kappa shape index (κ3) is 3.19. The molecule has 4 rings (SSSR count). The molecule has 24 heavy (non-hydrogen) atoms. The molecule has 0 radical (unpaired) electrons. The summed E-state index contributed by atoms with van der Waals surface area (Å²) >= 11 is 1.83. The van der Waals surface area contributed by atoms with Crippen LogP contribution in [0.5, 0.6) is 0 Å². The summed E-state index contributed by atoms with van der Waals surface area (Å²) in [6.07, 6.45) is 0. The Morgan fingerprint density at radius 2 is 1.79 bits per heavy atom. The van der Waals surface area contributed by atoms with Crippen LogP contribution in [0.1, 0.15) is 0 Å². The van der Waals surface area contributed by atoms with Gasteiger partial charge in [0, 0.05) is 30.3 Å². The summed E-state index contributed by atoms with van der Waals surface area (Å²) in [5, 5.41) is 3.39. The number of anilines is 3. The topological polar surface area (TPSA) is 35.6 Å². The molecule has 0 unspecified atom stereocenters. The van der Waals surface area contributed by atoms with Crippen molar-refractivity contribution in [1.29, 1.82) is 0 Å². The zero-order valence-electron chi connectivity index (χ0n) is 13.3. The van der Waals surface area contributed by atoms with E-state index in [0.29, 0.717) is 6.54 Å². The van der Waals surface area contributed by atoms with Crippen molar-refractivity contribution in [2.45, 2.75) is 4.90 Å². The zero-order chi connectivity index (χ0) is 15.6. The minimum atomic E-state index is 0. The number of carbonyl (C=O) groups excluding carboxylic acids is 1. The molecule has 0 spiro atoms. The fourth-order valence-electron chi connectivity index (χ4n) is 3.19. The van der Waals surface area contributed by atoms with E-state index >= 15 is 0 Å². The molecule has 2 aromatic rings. The van der Waals surface area contributed by atoms with E-state index in [9.17, 15) is 4.79 Å². The van der Waals surface area contributed by atoms with Crippen LogP contribution in [-0.4, -0.2) is 37.8 Å². The summed E-state index contributed by atoms with van der Waals surface area (Å²) < 4.78 is 0. The third-order valence-corrected chi connectivity index (χ3v) is 5.34. The molecule has 126 valence electrons. The van der Waals surface area contributed by atoms with Crippen molar-refractivity contribution < 1.29 is 4.79 Å². The fourth-order valence-corrected chi connectivity index (χ4v) is 4.18. The summed E-state index contributed by atoms with van der Waals surface area (Å²) in [4.78, 5) is 18.2. The molecule has 0 aromatic heterocycles. The van der Waals surface area contributed by atoms with Gasteiger partial charge in [0.05, 0.1) is 23.6 Å². The molecule has 4 nitrogen and oxygen atoms in total. The second-order valence-electron chi connectivity index (χ2n) is 5.73. The standard InChI is InChI=1S/C18H19N3OS.ClH/c22-18(21-11-12-23-17-8-4-3-7-16(17)21)13-20-10-9-19-14-5-1-2-6-15(14)20;/h1-8,19H,9-13H2;1H. The summed E-state index contributed by atoms with van der Waals surface area (Å²) in [5.74, 6) is 1.13. The van der Waals surface area contributed by atoms with Gasteiger partial charge in [0.25, 0.3) is 0 Å². The predicted molar refractivity (Wildman–Crippen MR) is 104 cm³/mol. The minimum Gasteiger partial charge on any atom is -0.382 e. The molecule has 1 N–H and O–H groups in total. The molecule has 0 saturated heterocycles. The highest BCUT2D eigenvalue weighted by molar-refractivity contribution is 7.99. The molecule has 6 heteroatoms. The van der Waals surface area contributed by atoms with E-state index in [1.54, 1.807) is 0 Å². The Kier molecular flexibility index (Phi) is 5.21. The van der Waals surface area contributed by atoms with Crippen LogP contribution in [0.25, 0.3) is 0 Å². The average Bonchev–Trinajstić information content (AvgIpc) is 2.61. The summed E-state index contributed by atoms with van der Waals surface area (Å²) in [5.41, 5.74) is 3.28. The van der Waals surface area contributed by atoms with Crippen LogP contribution < -0.4 is 15.1 Å². The van der Waals surface area contributed by atoms with E-state index in [1.807, 2.05) is 47.0 Å². The summed E-state index contributed by atoms with van der Waals surface area (Å²) in [6.45, 7) is 2.94. The van der Waals surface area contributed by atoms with Gasteiger partial charge in [0.15, 0.2) is 0 Å². The first-order valence-corrected chi connectivity index (χ1v) is 8.91. The Balaban J connectivity index is 0.00000169. The Bertz CT molecular complexity index is 740. The lowest BCUT2D eigenvalue weighted by atomic mass is 10.2. The number of amides is 1. The number of fused-ring (bicyclic) bond motifs is 2. The van der Waals surface area contributed by atoms with Gasteiger partial charge in [0.1, 0.15) is 0 Å². The highest BCUT2D eigenvalue weighted by Crippen LogP contribution is 2.35. The smallest absolute Gasteiger partial charge is 0.246 e. The number of nitrogens with zero attached hydrogens (tertiary/aromatic N) is 2. The molecule has 2 heterocycles. The summed E-state index contributed by atoms with van der Waals surface area (Å²) in [6, 6.07) is 16.4. The number of hydrogen-bond acceptors (Lipinski definition) is 4. The van der Waals surface area contributed by atoms with Crippen molar-refractivity contribution in [2.24, 2.45) is 0 Å². The maximum atomic E-state index is 12.9. The van der Waals surface area contributed by atoms with E-state index in [-0.39, 0.29) is 18.3 Å². The van der Waals surface area contributed by atoms with Gasteiger partial charge in [-0.15, -0.1) is 24.2 Å². The van der Waals surface area contributed by atoms with E-state index in [2.05, 4.69) is 28.4 Å². The number of rotatable bonds is 2. The van der Waals surface area contributed by atoms with Gasteiger partial charge in [-0.05, 0) is 24.3 Å². The number of thioether (sulfide) groups is 1. The van der Waals surface area contributed by atoms with E-state index in [4.69, 9.17) is 0 Å². The van der Waals surface area contributed by atoms with Crippen molar-refractivity contribution >= 4 is 47.1 Å². The molecule has 2 aliphatic heterocycles. The fraction of sp³-hybridized carbons (Fsp3) is 0.278. The SMILES string of the molecule is Cl.O=C(CN1CCNc2ccccc21)N1CCSc2ccccc21. The van der Waals surface area contributed by atoms with E-state index in [1.165, 1.54) is 4.90 Å². The molecule has 0 saturated carbocycles. The van der Waals surface area contributed by atoms with Gasteiger partial charge in [-0.25, -0.2) is 0 Å². The van der Waals surface area contributed by atoms with Crippen LogP contribution >= 0.6 is 24.2 Å². The average molecular weight is 362 g/mol. The lowest BCUT2D eigenvalue weighted by molar-refractivity contribution is -0.117. The Morgan fingerprint density at radius 3 is 2.67 bits per heavy atom. The molecule has 0 bridgehead atoms. The number of hydrogen-bond donors (Lipinski definition) is 1. The Labute approximate surface area is 152 Å². The maximum Gasteiger partial charge on any atom is 0.246 e. The first-order chi connectivity index (χ1) is 11.3. The van der Waals surface area contributed by atoms with Crippen LogP contribution in [0, 0.1) is 0 Å². The molecule has 0 fully saturated rings. The third-order valence-electron chi connectivity index (χ3n) is 4.30. The van der Waals surface area contributed by atoms with Crippen molar-refractivity contribution in [3.63, 3.8) is 0 Å². The second-order valence-corrected chi connectivity index (χ2v) is 6.86.